The van der Waals surface area contributed by atoms with Crippen molar-refractivity contribution < 1.29 is 33.4 Å². The van der Waals surface area contributed by atoms with Gasteiger partial charge in [0.05, 0.1) is 30.3 Å². The number of hydrogen-bond acceptors (Lipinski definition) is 7. The Hall–Kier alpha value is -2.15. The predicted octanol–water partition coefficient (Wildman–Crippen LogP) is 2.79. The number of aliphatic hydroxyl groups is 1. The molecule has 2 fully saturated rings. The average molecular weight is 418 g/mol. The topological polar surface area (TPSA) is 103 Å². The van der Waals surface area contributed by atoms with Gasteiger partial charge in [-0.05, 0) is 30.7 Å². The molecular formula is C23H30O7. The van der Waals surface area contributed by atoms with Crippen LogP contribution in [0.4, 0.5) is 0 Å². The van der Waals surface area contributed by atoms with Gasteiger partial charge in [0.25, 0.3) is 0 Å². The van der Waals surface area contributed by atoms with E-state index < -0.39 is 52.2 Å². The molecule has 0 saturated heterocycles. The van der Waals surface area contributed by atoms with E-state index in [1.54, 1.807) is 6.07 Å². The maximum absolute atomic E-state index is 13.4. The minimum atomic E-state index is -1.39. The Labute approximate surface area is 176 Å². The Bertz CT molecular complexity index is 899. The molecule has 30 heavy (non-hydrogen) atoms. The van der Waals surface area contributed by atoms with Crippen LogP contribution >= 0.6 is 0 Å². The Morgan fingerprint density at radius 3 is 2.60 bits per heavy atom. The maximum Gasteiger partial charge on any atom is 0.313 e. The molecule has 0 spiro atoms. The van der Waals surface area contributed by atoms with Crippen LogP contribution in [0.2, 0.25) is 0 Å². The van der Waals surface area contributed by atoms with E-state index in [0.29, 0.717) is 30.6 Å². The van der Waals surface area contributed by atoms with Crippen molar-refractivity contribution in [1.29, 1.82) is 0 Å². The third-order valence-corrected chi connectivity index (χ3v) is 8.34. The number of carbonyl (C=O) groups is 3. The van der Waals surface area contributed by atoms with E-state index in [1.165, 1.54) is 20.3 Å². The number of furan rings is 1. The van der Waals surface area contributed by atoms with E-state index in [-0.39, 0.29) is 12.2 Å². The summed E-state index contributed by atoms with van der Waals surface area (Å²) in [5.41, 5.74) is -2.35. The zero-order chi connectivity index (χ0) is 22.1. The summed E-state index contributed by atoms with van der Waals surface area (Å²) in [6, 6.07) is 1.74. The lowest BCUT2D eigenvalue weighted by molar-refractivity contribution is -0.254. The lowest BCUT2D eigenvalue weighted by Gasteiger charge is -2.65. The normalized spacial score (nSPS) is 39.3. The highest BCUT2D eigenvalue weighted by Crippen LogP contribution is 2.66. The van der Waals surface area contributed by atoms with Crippen molar-refractivity contribution in [2.45, 2.75) is 71.0 Å². The summed E-state index contributed by atoms with van der Waals surface area (Å²) in [4.78, 5) is 38.3. The lowest BCUT2D eigenvalue weighted by Crippen LogP contribution is -2.73. The highest BCUT2D eigenvalue weighted by atomic mass is 16.5. The second-order valence-corrected chi connectivity index (χ2v) is 9.91. The van der Waals surface area contributed by atoms with E-state index >= 15 is 0 Å². The molecule has 4 rings (SSSR count). The summed E-state index contributed by atoms with van der Waals surface area (Å²) in [7, 11) is 1.32. The molecule has 1 aromatic rings. The summed E-state index contributed by atoms with van der Waals surface area (Å²) < 4.78 is 16.5. The smallest absolute Gasteiger partial charge is 0.313 e. The lowest BCUT2D eigenvalue weighted by atomic mass is 9.40. The van der Waals surface area contributed by atoms with Crippen LogP contribution in [-0.4, -0.2) is 41.6 Å². The molecule has 164 valence electrons. The number of ether oxygens (including phenoxy) is 2. The molecule has 0 aromatic carbocycles. The Morgan fingerprint density at radius 1 is 1.27 bits per heavy atom. The molecule has 0 bridgehead atoms. The Balaban J connectivity index is 1.95. The summed E-state index contributed by atoms with van der Waals surface area (Å²) in [6.07, 6.45) is 2.21. The highest BCUT2D eigenvalue weighted by Gasteiger charge is 2.72. The van der Waals surface area contributed by atoms with Crippen LogP contribution in [0.3, 0.4) is 0 Å². The minimum absolute atomic E-state index is 0.0146. The third-order valence-electron chi connectivity index (χ3n) is 8.34. The van der Waals surface area contributed by atoms with Gasteiger partial charge in [0, 0.05) is 37.7 Å². The van der Waals surface area contributed by atoms with E-state index in [0.717, 1.165) is 0 Å². The highest BCUT2D eigenvalue weighted by molar-refractivity contribution is 5.89. The first-order valence-electron chi connectivity index (χ1n) is 10.5. The molecule has 6 atom stereocenters. The molecule has 3 aliphatic carbocycles. The number of rotatable bonds is 2. The fraction of sp³-hybridized carbons (Fsp3) is 0.696. The molecule has 7 nitrogen and oxygen atoms in total. The predicted molar refractivity (Wildman–Crippen MR) is 105 cm³/mol. The summed E-state index contributed by atoms with van der Waals surface area (Å²) in [5, 5.41) is 12.1. The van der Waals surface area contributed by atoms with Gasteiger partial charge in [-0.2, -0.15) is 0 Å². The van der Waals surface area contributed by atoms with Crippen LogP contribution < -0.4 is 0 Å². The molecule has 1 aromatic heterocycles. The van der Waals surface area contributed by atoms with Crippen LogP contribution in [0.5, 0.6) is 0 Å². The Kier molecular flexibility index (Phi) is 4.69. The zero-order valence-electron chi connectivity index (χ0n) is 18.2. The standard InChI is InChI=1S/C23H30O7/c1-12(24)30-16-11-23(27)21(2,3)8-6-17(25)22(23,4)14-10-15-13(7-9-29-15)18(19(14)16)20(26)28-5/h7,9,14,16,18-19,27H,6,8,10-11H2,1-5H3/t14-,16-,18+,19?,22-,23+/m0/s1. The van der Waals surface area contributed by atoms with Crippen LogP contribution in [0.1, 0.15) is 64.2 Å². The number of fused-ring (bicyclic) bond motifs is 4. The molecule has 3 aliphatic rings. The maximum atomic E-state index is 13.4. The number of esters is 2. The van der Waals surface area contributed by atoms with Gasteiger partial charge >= 0.3 is 11.9 Å². The summed E-state index contributed by atoms with van der Waals surface area (Å²) in [5.74, 6) is -1.99. The van der Waals surface area contributed by atoms with Gasteiger partial charge in [-0.1, -0.05) is 13.8 Å². The van der Waals surface area contributed by atoms with Crippen molar-refractivity contribution in [3.8, 4) is 0 Å². The van der Waals surface area contributed by atoms with Crippen LogP contribution in [0, 0.1) is 22.7 Å². The van der Waals surface area contributed by atoms with Gasteiger partial charge < -0.3 is 19.0 Å². The zero-order valence-corrected chi connectivity index (χ0v) is 18.2. The molecule has 2 saturated carbocycles. The molecule has 7 heteroatoms. The van der Waals surface area contributed by atoms with Crippen molar-refractivity contribution in [2.75, 3.05) is 7.11 Å². The van der Waals surface area contributed by atoms with Crippen molar-refractivity contribution in [3.05, 3.63) is 23.7 Å². The average Bonchev–Trinajstić information content (AvgIpc) is 3.14. The van der Waals surface area contributed by atoms with Crippen LogP contribution in [0.25, 0.3) is 0 Å². The SMILES string of the molecule is COC(=O)[C@@H]1c2ccoc2C[C@H]2C1[C@@H](OC(C)=O)C[C@@]1(O)C(C)(C)CCC(=O)[C@]21C. The summed E-state index contributed by atoms with van der Waals surface area (Å²) >= 11 is 0. The minimum Gasteiger partial charge on any atom is -0.469 e. The first-order valence-corrected chi connectivity index (χ1v) is 10.5. The van der Waals surface area contributed by atoms with E-state index in [9.17, 15) is 19.5 Å². The molecule has 1 N–H and O–H groups in total. The van der Waals surface area contributed by atoms with Gasteiger partial charge in [0.15, 0.2) is 0 Å². The van der Waals surface area contributed by atoms with Gasteiger partial charge in [-0.3, -0.25) is 14.4 Å². The first-order chi connectivity index (χ1) is 14.0. The quantitative estimate of drug-likeness (QED) is 0.737. The van der Waals surface area contributed by atoms with Crippen LogP contribution in [0.15, 0.2) is 16.7 Å². The van der Waals surface area contributed by atoms with Gasteiger partial charge in [-0.25, -0.2) is 0 Å². The van der Waals surface area contributed by atoms with Crippen molar-refractivity contribution in [2.24, 2.45) is 22.7 Å². The fourth-order valence-electron chi connectivity index (χ4n) is 6.63. The molecule has 0 amide bonds. The van der Waals surface area contributed by atoms with E-state index in [4.69, 9.17) is 13.9 Å². The van der Waals surface area contributed by atoms with Gasteiger partial charge in [0.2, 0.25) is 0 Å². The van der Waals surface area contributed by atoms with Crippen molar-refractivity contribution in [1.82, 2.24) is 0 Å². The monoisotopic (exact) mass is 418 g/mol. The molecule has 0 aliphatic heterocycles. The number of carbonyl (C=O) groups excluding carboxylic acids is 3. The van der Waals surface area contributed by atoms with Crippen molar-refractivity contribution in [3.63, 3.8) is 0 Å². The van der Waals surface area contributed by atoms with Gasteiger partial charge in [0.1, 0.15) is 17.6 Å². The summed E-state index contributed by atoms with van der Waals surface area (Å²) in [6.45, 7) is 7.06. The second-order valence-electron chi connectivity index (χ2n) is 9.91. The molecule has 1 unspecified atom stereocenters. The van der Waals surface area contributed by atoms with Crippen molar-refractivity contribution >= 4 is 17.7 Å². The fourth-order valence-corrected chi connectivity index (χ4v) is 6.63. The van der Waals surface area contributed by atoms with E-state index in [1.807, 2.05) is 20.8 Å². The number of ketones is 1. The molecule has 0 radical (unpaired) electrons. The second kappa shape index (κ2) is 6.67. The molecule has 1 heterocycles. The number of hydrogen-bond donors (Lipinski definition) is 1. The number of Topliss-reactive ketones (excluding diaryl/α,β-unsaturated/α-hetero) is 1. The largest absolute Gasteiger partial charge is 0.469 e. The Morgan fingerprint density at radius 2 is 1.97 bits per heavy atom. The first kappa shape index (κ1) is 21.1. The van der Waals surface area contributed by atoms with Crippen LogP contribution in [-0.2, 0) is 30.3 Å². The number of methoxy groups -OCH3 is 1. The van der Waals surface area contributed by atoms with Gasteiger partial charge in [-0.15, -0.1) is 0 Å². The molecular weight excluding hydrogens is 388 g/mol. The van der Waals surface area contributed by atoms with E-state index in [2.05, 4.69) is 0 Å². The third kappa shape index (κ3) is 2.57.